The van der Waals surface area contributed by atoms with Gasteiger partial charge in [-0.15, -0.1) is 0 Å². The van der Waals surface area contributed by atoms with Crippen molar-refractivity contribution in [3.05, 3.63) is 35.9 Å². The molecule has 0 N–H and O–H groups in total. The number of nitrogens with zero attached hydrogens (tertiary/aromatic N) is 1. The van der Waals surface area contributed by atoms with Crippen molar-refractivity contribution < 1.29 is 0 Å². The van der Waals surface area contributed by atoms with E-state index >= 15 is 0 Å². The molecule has 75 valence electrons. The molecule has 1 unspecified atom stereocenters. The minimum absolute atomic E-state index is 0.177. The number of hydrogen-bond acceptors (Lipinski definition) is 1. The van der Waals surface area contributed by atoms with Crippen molar-refractivity contribution in [1.29, 1.82) is 0 Å². The van der Waals surface area contributed by atoms with Crippen LogP contribution in [0.5, 0.6) is 0 Å². The van der Waals surface area contributed by atoms with Crippen molar-refractivity contribution in [3.63, 3.8) is 0 Å². The van der Waals surface area contributed by atoms with Crippen molar-refractivity contribution in [2.45, 2.75) is 24.6 Å². The molecule has 14 heavy (non-hydrogen) atoms. The maximum Gasteiger partial charge on any atom is 0.0918 e. The zero-order valence-corrected chi connectivity index (χ0v) is 9.17. The zero-order valence-electron chi connectivity index (χ0n) is 8.36. The number of piperidine rings is 1. The summed E-state index contributed by atoms with van der Waals surface area (Å²) >= 11 is 5.55. The summed E-state index contributed by atoms with van der Waals surface area (Å²) in [7, 11) is 0. The highest BCUT2D eigenvalue weighted by atomic mass is 32.1. The molecule has 0 spiro atoms. The number of rotatable bonds is 2. The Morgan fingerprint density at radius 1 is 1.00 bits per heavy atom. The molecule has 2 rings (SSSR count). The first-order valence-electron chi connectivity index (χ1n) is 5.33. The van der Waals surface area contributed by atoms with E-state index in [1.54, 1.807) is 0 Å². The van der Waals surface area contributed by atoms with E-state index in [-0.39, 0.29) is 5.37 Å². The molecular formula is C12H16NS. The highest BCUT2D eigenvalue weighted by molar-refractivity contribution is 7.80. The highest BCUT2D eigenvalue weighted by Crippen LogP contribution is 2.27. The van der Waals surface area contributed by atoms with E-state index < -0.39 is 0 Å². The monoisotopic (exact) mass is 206 g/mol. The Bertz CT molecular complexity index is 267. The lowest BCUT2D eigenvalue weighted by Crippen LogP contribution is -2.31. The van der Waals surface area contributed by atoms with E-state index in [1.807, 2.05) is 6.07 Å². The molecule has 1 fully saturated rings. The molecule has 0 saturated carbocycles. The van der Waals surface area contributed by atoms with Gasteiger partial charge in [-0.3, -0.25) is 4.90 Å². The van der Waals surface area contributed by atoms with Gasteiger partial charge in [-0.05, 0) is 31.5 Å². The average molecular weight is 206 g/mol. The van der Waals surface area contributed by atoms with Gasteiger partial charge in [0, 0.05) is 0 Å². The Labute approximate surface area is 91.5 Å². The van der Waals surface area contributed by atoms with Gasteiger partial charge in [0.05, 0.1) is 5.37 Å². The van der Waals surface area contributed by atoms with E-state index in [9.17, 15) is 0 Å². The number of likely N-dealkylation sites (tertiary alicyclic amines) is 1. The van der Waals surface area contributed by atoms with Gasteiger partial charge in [0.25, 0.3) is 0 Å². The van der Waals surface area contributed by atoms with Crippen LogP contribution in [-0.2, 0) is 0 Å². The topological polar surface area (TPSA) is 3.24 Å². The molecule has 1 radical (unpaired) electrons. The molecule has 0 bridgehead atoms. The molecule has 1 heterocycles. The molecule has 1 aromatic carbocycles. The quantitative estimate of drug-likeness (QED) is 0.717. The van der Waals surface area contributed by atoms with Gasteiger partial charge >= 0.3 is 0 Å². The maximum absolute atomic E-state index is 5.55. The fraction of sp³-hybridized carbons (Fsp3) is 0.500. The largest absolute Gasteiger partial charge is 0.287 e. The summed E-state index contributed by atoms with van der Waals surface area (Å²) in [6, 6.07) is 10.4. The van der Waals surface area contributed by atoms with Crippen molar-refractivity contribution in [2.75, 3.05) is 13.1 Å². The summed E-state index contributed by atoms with van der Waals surface area (Å²) in [6.45, 7) is 2.34. The molecular weight excluding hydrogens is 190 g/mol. The van der Waals surface area contributed by atoms with Crippen LogP contribution < -0.4 is 0 Å². The third-order valence-corrected chi connectivity index (χ3v) is 3.38. The van der Waals surface area contributed by atoms with Crippen LogP contribution in [0.1, 0.15) is 30.2 Å². The minimum atomic E-state index is 0.177. The predicted molar refractivity (Wildman–Crippen MR) is 62.2 cm³/mol. The lowest BCUT2D eigenvalue weighted by Gasteiger charge is -2.31. The first kappa shape index (κ1) is 10.1. The van der Waals surface area contributed by atoms with Gasteiger partial charge in [0.1, 0.15) is 0 Å². The van der Waals surface area contributed by atoms with Crippen LogP contribution in [0.4, 0.5) is 0 Å². The molecule has 0 aliphatic carbocycles. The molecule has 1 saturated heterocycles. The van der Waals surface area contributed by atoms with Crippen LogP contribution in [-0.4, -0.2) is 18.0 Å². The number of benzene rings is 1. The maximum atomic E-state index is 5.55. The first-order chi connectivity index (χ1) is 6.88. The van der Waals surface area contributed by atoms with Crippen LogP contribution in [0.3, 0.4) is 0 Å². The van der Waals surface area contributed by atoms with Crippen molar-refractivity contribution in [3.8, 4) is 0 Å². The average Bonchev–Trinajstić information content (AvgIpc) is 2.30. The standard InChI is InChI=1S/C12H16NS/c14-12(11-7-3-1-4-8-11)13-9-5-2-6-10-13/h1,3-4,7-8,12H,2,5-6,9-10H2. The predicted octanol–water partition coefficient (Wildman–Crippen LogP) is 3.37. The van der Waals surface area contributed by atoms with E-state index in [0.717, 1.165) is 0 Å². The Hall–Kier alpha value is -0.470. The summed E-state index contributed by atoms with van der Waals surface area (Å²) in [5.74, 6) is 0. The van der Waals surface area contributed by atoms with E-state index in [2.05, 4.69) is 29.2 Å². The third kappa shape index (κ3) is 2.31. The Morgan fingerprint density at radius 3 is 2.29 bits per heavy atom. The fourth-order valence-corrected chi connectivity index (χ4v) is 2.35. The molecule has 1 aliphatic rings. The molecule has 2 heteroatoms. The van der Waals surface area contributed by atoms with Gasteiger partial charge in [-0.25, -0.2) is 0 Å². The Morgan fingerprint density at radius 2 is 1.64 bits per heavy atom. The second-order valence-electron chi connectivity index (χ2n) is 3.86. The second-order valence-corrected chi connectivity index (χ2v) is 4.31. The normalized spacial score (nSPS) is 20.6. The van der Waals surface area contributed by atoms with Gasteiger partial charge in [-0.2, -0.15) is 0 Å². The van der Waals surface area contributed by atoms with Crippen molar-refractivity contribution in [2.24, 2.45) is 0 Å². The SMILES string of the molecule is [S]C(c1ccccc1)N1CCCCC1. The second kappa shape index (κ2) is 4.85. The van der Waals surface area contributed by atoms with Gasteiger partial charge in [0.15, 0.2) is 0 Å². The molecule has 1 aromatic rings. The molecule has 0 aromatic heterocycles. The highest BCUT2D eigenvalue weighted by Gasteiger charge is 2.18. The summed E-state index contributed by atoms with van der Waals surface area (Å²) in [5.41, 5.74) is 1.27. The van der Waals surface area contributed by atoms with Crippen LogP contribution in [0.25, 0.3) is 0 Å². The lowest BCUT2D eigenvalue weighted by atomic mass is 10.1. The molecule has 1 aliphatic heterocycles. The molecule has 1 atom stereocenters. The summed E-state index contributed by atoms with van der Waals surface area (Å²) in [4.78, 5) is 2.41. The number of hydrogen-bond donors (Lipinski definition) is 0. The van der Waals surface area contributed by atoms with E-state index in [0.29, 0.717) is 0 Å². The smallest absolute Gasteiger partial charge is 0.0918 e. The van der Waals surface area contributed by atoms with E-state index in [1.165, 1.54) is 37.9 Å². The van der Waals surface area contributed by atoms with Crippen LogP contribution in [0.15, 0.2) is 30.3 Å². The molecule has 0 amide bonds. The third-order valence-electron chi connectivity index (χ3n) is 2.81. The summed E-state index contributed by atoms with van der Waals surface area (Å²) in [5, 5.41) is 0.177. The van der Waals surface area contributed by atoms with Crippen molar-refractivity contribution >= 4 is 12.6 Å². The Balaban J connectivity index is 2.03. The van der Waals surface area contributed by atoms with E-state index in [4.69, 9.17) is 12.6 Å². The van der Waals surface area contributed by atoms with Crippen molar-refractivity contribution in [1.82, 2.24) is 4.90 Å². The summed E-state index contributed by atoms with van der Waals surface area (Å²) < 4.78 is 0. The Kier molecular flexibility index (Phi) is 3.49. The van der Waals surface area contributed by atoms with Gasteiger partial charge in [-0.1, -0.05) is 49.4 Å². The lowest BCUT2D eigenvalue weighted by molar-refractivity contribution is 0.216. The zero-order chi connectivity index (χ0) is 9.80. The van der Waals surface area contributed by atoms with Crippen LogP contribution >= 0.6 is 12.6 Å². The van der Waals surface area contributed by atoms with Crippen LogP contribution in [0.2, 0.25) is 0 Å². The van der Waals surface area contributed by atoms with Crippen LogP contribution in [0, 0.1) is 0 Å². The minimum Gasteiger partial charge on any atom is -0.287 e. The molecule has 1 nitrogen and oxygen atoms in total. The van der Waals surface area contributed by atoms with Gasteiger partial charge in [0.2, 0.25) is 0 Å². The first-order valence-corrected chi connectivity index (χ1v) is 5.80. The van der Waals surface area contributed by atoms with Gasteiger partial charge < -0.3 is 0 Å². The fourth-order valence-electron chi connectivity index (χ4n) is 1.98. The summed E-state index contributed by atoms with van der Waals surface area (Å²) in [6.07, 6.45) is 3.98.